The van der Waals surface area contributed by atoms with Crippen molar-refractivity contribution < 1.29 is 23.9 Å². The van der Waals surface area contributed by atoms with E-state index in [-0.39, 0.29) is 36.4 Å². The molecule has 1 aromatic rings. The standard InChI is InChI=1S/C24H32N6O5/c1-24(2,3)35-23(34)30-15-9-16(30)13-28(12-15)7-6-25-19-8-14-11-29(22(33)17(14)10-26-19)18-4-5-20(31)27-21(18)32/h8,10,15-16,18H,4-7,9,11-13H2,1-3H3,(H,25,26)(H,27,31,32). The van der Waals surface area contributed by atoms with Gasteiger partial charge in [0.1, 0.15) is 17.5 Å². The highest BCUT2D eigenvalue weighted by molar-refractivity contribution is 6.05. The van der Waals surface area contributed by atoms with Crippen LogP contribution in [0.5, 0.6) is 0 Å². The molecule has 11 nitrogen and oxygen atoms in total. The first kappa shape index (κ1) is 23.5. The van der Waals surface area contributed by atoms with E-state index in [9.17, 15) is 19.2 Å². The van der Waals surface area contributed by atoms with Crippen molar-refractivity contribution in [2.24, 2.45) is 0 Å². The molecule has 3 unspecified atom stereocenters. The van der Waals surface area contributed by atoms with E-state index in [0.29, 0.717) is 30.9 Å². The van der Waals surface area contributed by atoms with Gasteiger partial charge in [-0.2, -0.15) is 0 Å². The second-order valence-corrected chi connectivity index (χ2v) is 10.7. The summed E-state index contributed by atoms with van der Waals surface area (Å²) >= 11 is 0. The Kier molecular flexibility index (Phi) is 5.90. The third-order valence-electron chi connectivity index (χ3n) is 7.02. The predicted octanol–water partition coefficient (Wildman–Crippen LogP) is 0.948. The molecule has 3 atom stereocenters. The number of carbonyl (C=O) groups excluding carboxylic acids is 4. The summed E-state index contributed by atoms with van der Waals surface area (Å²) in [5.74, 6) is -0.263. The van der Waals surface area contributed by atoms with Gasteiger partial charge >= 0.3 is 6.09 Å². The molecule has 0 aromatic carbocycles. The number of amides is 4. The molecule has 35 heavy (non-hydrogen) atoms. The van der Waals surface area contributed by atoms with Crippen molar-refractivity contribution in [2.75, 3.05) is 31.5 Å². The van der Waals surface area contributed by atoms with Gasteiger partial charge < -0.3 is 15.0 Å². The number of hydrogen-bond acceptors (Lipinski definition) is 8. The number of piperidine rings is 2. The molecule has 188 valence electrons. The molecule has 11 heteroatoms. The van der Waals surface area contributed by atoms with Crippen LogP contribution in [0.25, 0.3) is 0 Å². The van der Waals surface area contributed by atoms with E-state index in [0.717, 1.165) is 31.6 Å². The van der Waals surface area contributed by atoms with Gasteiger partial charge in [-0.05, 0) is 45.2 Å². The van der Waals surface area contributed by atoms with Crippen LogP contribution in [0.3, 0.4) is 0 Å². The quantitative estimate of drug-likeness (QED) is 0.592. The SMILES string of the molecule is CC(C)(C)OC(=O)N1C2CC1CN(CCNc1cc3c(cn1)C(=O)N(C1CCC(=O)NC1=O)C3)C2. The van der Waals surface area contributed by atoms with E-state index < -0.39 is 17.6 Å². The lowest BCUT2D eigenvalue weighted by Gasteiger charge is -2.55. The van der Waals surface area contributed by atoms with Crippen LogP contribution in [-0.2, 0) is 20.9 Å². The minimum absolute atomic E-state index is 0.200. The summed E-state index contributed by atoms with van der Waals surface area (Å²) in [4.78, 5) is 59.0. The number of ether oxygens (including phenoxy) is 1. The van der Waals surface area contributed by atoms with E-state index in [4.69, 9.17) is 4.74 Å². The molecule has 4 amide bonds. The van der Waals surface area contributed by atoms with Crippen molar-refractivity contribution in [3.05, 3.63) is 23.4 Å². The minimum Gasteiger partial charge on any atom is -0.444 e. The van der Waals surface area contributed by atoms with Gasteiger partial charge in [0.25, 0.3) is 5.91 Å². The number of nitrogens with one attached hydrogen (secondary N) is 2. The zero-order valence-corrected chi connectivity index (χ0v) is 20.4. The normalized spacial score (nSPS) is 26.3. The number of imide groups is 1. The van der Waals surface area contributed by atoms with Crippen molar-refractivity contribution in [1.29, 1.82) is 0 Å². The second kappa shape index (κ2) is 8.78. The summed E-state index contributed by atoms with van der Waals surface area (Å²) in [6.07, 6.45) is 2.93. The van der Waals surface area contributed by atoms with Crippen LogP contribution in [0, 0.1) is 0 Å². The van der Waals surface area contributed by atoms with Gasteiger partial charge in [0.05, 0.1) is 17.6 Å². The number of pyridine rings is 1. The molecule has 5 aliphatic heterocycles. The predicted molar refractivity (Wildman–Crippen MR) is 125 cm³/mol. The fourth-order valence-corrected chi connectivity index (χ4v) is 5.39. The van der Waals surface area contributed by atoms with Crippen LogP contribution < -0.4 is 10.6 Å². The molecule has 2 N–H and O–H groups in total. The molecular weight excluding hydrogens is 452 g/mol. The number of anilines is 1. The molecule has 0 radical (unpaired) electrons. The summed E-state index contributed by atoms with van der Waals surface area (Å²) in [6, 6.07) is 1.63. The zero-order valence-electron chi connectivity index (χ0n) is 20.4. The zero-order chi connectivity index (χ0) is 24.9. The molecule has 6 rings (SSSR count). The Morgan fingerprint density at radius 1 is 1.23 bits per heavy atom. The highest BCUT2D eigenvalue weighted by Crippen LogP contribution is 2.33. The number of rotatable bonds is 5. The van der Waals surface area contributed by atoms with Crippen molar-refractivity contribution in [2.45, 2.75) is 70.3 Å². The number of carbonyl (C=O) groups is 4. The average Bonchev–Trinajstić information content (AvgIpc) is 3.08. The fraction of sp³-hybridized carbons (Fsp3) is 0.625. The lowest BCUT2D eigenvalue weighted by atomic mass is 9.88. The highest BCUT2D eigenvalue weighted by Gasteiger charge is 2.48. The first-order valence-electron chi connectivity index (χ1n) is 12.2. The fourth-order valence-electron chi connectivity index (χ4n) is 5.39. The van der Waals surface area contributed by atoms with Crippen LogP contribution in [-0.4, -0.2) is 93.4 Å². The van der Waals surface area contributed by atoms with Gasteiger partial charge in [0.2, 0.25) is 11.8 Å². The second-order valence-electron chi connectivity index (χ2n) is 10.7. The van der Waals surface area contributed by atoms with E-state index in [1.54, 1.807) is 6.20 Å². The third-order valence-corrected chi connectivity index (χ3v) is 7.02. The van der Waals surface area contributed by atoms with Gasteiger partial charge in [-0.15, -0.1) is 0 Å². The van der Waals surface area contributed by atoms with Crippen LogP contribution in [0.1, 0.15) is 56.0 Å². The summed E-state index contributed by atoms with van der Waals surface area (Å²) < 4.78 is 5.54. The largest absolute Gasteiger partial charge is 0.444 e. The Hall–Kier alpha value is -3.21. The highest BCUT2D eigenvalue weighted by atomic mass is 16.6. The Balaban J connectivity index is 1.11. The minimum atomic E-state index is -0.630. The number of hydrogen-bond donors (Lipinski definition) is 2. The van der Waals surface area contributed by atoms with Crippen molar-refractivity contribution in [1.82, 2.24) is 25.0 Å². The van der Waals surface area contributed by atoms with Gasteiger partial charge in [-0.1, -0.05) is 0 Å². The summed E-state index contributed by atoms with van der Waals surface area (Å²) in [5, 5.41) is 5.64. The van der Waals surface area contributed by atoms with E-state index >= 15 is 0 Å². The smallest absolute Gasteiger partial charge is 0.410 e. The van der Waals surface area contributed by atoms with Crippen LogP contribution >= 0.6 is 0 Å². The number of nitrogens with zero attached hydrogens (tertiary/aromatic N) is 4. The first-order valence-corrected chi connectivity index (χ1v) is 12.2. The Morgan fingerprint density at radius 2 is 1.97 bits per heavy atom. The van der Waals surface area contributed by atoms with Gasteiger partial charge in [-0.25, -0.2) is 9.78 Å². The van der Waals surface area contributed by atoms with Crippen LogP contribution in [0.15, 0.2) is 12.3 Å². The molecule has 0 saturated carbocycles. The van der Waals surface area contributed by atoms with E-state index in [1.165, 1.54) is 4.90 Å². The monoisotopic (exact) mass is 484 g/mol. The molecular formula is C24H32N6O5. The van der Waals surface area contributed by atoms with Crippen molar-refractivity contribution in [3.63, 3.8) is 0 Å². The lowest BCUT2D eigenvalue weighted by Crippen LogP contribution is -2.70. The van der Waals surface area contributed by atoms with Crippen LogP contribution in [0.4, 0.5) is 10.6 Å². The van der Waals surface area contributed by atoms with E-state index in [2.05, 4.69) is 20.5 Å². The third kappa shape index (κ3) is 4.69. The molecule has 4 fully saturated rings. The maximum absolute atomic E-state index is 12.8. The number of fused-ring (bicyclic) bond motifs is 3. The van der Waals surface area contributed by atoms with Gasteiger partial charge in [-0.3, -0.25) is 29.5 Å². The molecule has 1 aromatic heterocycles. The molecule has 6 heterocycles. The molecule has 0 spiro atoms. The Labute approximate surface area is 204 Å². The Bertz CT molecular complexity index is 1060. The molecule has 5 aliphatic rings. The molecule has 0 aliphatic carbocycles. The van der Waals surface area contributed by atoms with Gasteiger partial charge in [0, 0.05) is 45.3 Å². The average molecular weight is 485 g/mol. The topological polar surface area (TPSA) is 124 Å². The van der Waals surface area contributed by atoms with E-state index in [1.807, 2.05) is 31.7 Å². The lowest BCUT2D eigenvalue weighted by molar-refractivity contribution is -0.136. The Morgan fingerprint density at radius 3 is 2.66 bits per heavy atom. The number of aromatic nitrogens is 1. The summed E-state index contributed by atoms with van der Waals surface area (Å²) in [5.41, 5.74) is 0.833. The van der Waals surface area contributed by atoms with Crippen molar-refractivity contribution >= 4 is 29.6 Å². The van der Waals surface area contributed by atoms with Crippen molar-refractivity contribution in [3.8, 4) is 0 Å². The molecule has 4 saturated heterocycles. The first-order chi connectivity index (χ1) is 16.6. The van der Waals surface area contributed by atoms with Crippen LogP contribution in [0.2, 0.25) is 0 Å². The maximum Gasteiger partial charge on any atom is 0.410 e. The summed E-state index contributed by atoms with van der Waals surface area (Å²) in [6.45, 7) is 9.12. The maximum atomic E-state index is 12.8. The van der Waals surface area contributed by atoms with Gasteiger partial charge in [0.15, 0.2) is 0 Å². The number of piperazine rings is 1. The molecule has 2 bridgehead atoms. The summed E-state index contributed by atoms with van der Waals surface area (Å²) in [7, 11) is 0.